The number of pyridine rings is 1. The number of benzene rings is 1. The van der Waals surface area contributed by atoms with Crippen LogP contribution in [0.1, 0.15) is 18.7 Å². The van der Waals surface area contributed by atoms with Crippen LogP contribution in [-0.2, 0) is 0 Å². The Morgan fingerprint density at radius 1 is 1.48 bits per heavy atom. The molecule has 1 heterocycles. The number of hydrogen-bond acceptors (Lipinski definition) is 5. The lowest BCUT2D eigenvalue weighted by Crippen LogP contribution is -2.06. The lowest BCUT2D eigenvalue weighted by molar-refractivity contribution is -0.385. The predicted molar refractivity (Wildman–Crippen MR) is 77.7 cm³/mol. The molecule has 0 bridgehead atoms. The SMILES string of the molecule is CC(N)c1ccc(Oc2cc(F)c(Br)cc2[N+](=O)[O-])cn1. The van der Waals surface area contributed by atoms with Crippen molar-refractivity contribution < 1.29 is 14.1 Å². The summed E-state index contributed by atoms with van der Waals surface area (Å²) in [5.41, 5.74) is 5.97. The highest BCUT2D eigenvalue weighted by atomic mass is 79.9. The molecule has 2 N–H and O–H groups in total. The molecule has 0 saturated carbocycles. The highest BCUT2D eigenvalue weighted by Gasteiger charge is 2.19. The van der Waals surface area contributed by atoms with Gasteiger partial charge in [-0.15, -0.1) is 0 Å². The maximum Gasteiger partial charge on any atom is 0.312 e. The second-order valence-electron chi connectivity index (χ2n) is 4.30. The molecular formula is C13H11BrFN3O3. The first-order chi connectivity index (χ1) is 9.88. The number of nitrogens with zero attached hydrogens (tertiary/aromatic N) is 2. The van der Waals surface area contributed by atoms with Gasteiger partial charge in [0.05, 0.1) is 21.3 Å². The van der Waals surface area contributed by atoms with E-state index in [1.165, 1.54) is 6.20 Å². The van der Waals surface area contributed by atoms with Crippen LogP contribution in [-0.4, -0.2) is 9.91 Å². The maximum atomic E-state index is 13.5. The summed E-state index contributed by atoms with van der Waals surface area (Å²) in [7, 11) is 0. The molecule has 2 rings (SSSR count). The number of nitro groups is 1. The van der Waals surface area contributed by atoms with Gasteiger partial charge in [0.25, 0.3) is 0 Å². The lowest BCUT2D eigenvalue weighted by Gasteiger charge is -2.09. The fourth-order valence-corrected chi connectivity index (χ4v) is 1.92. The Balaban J connectivity index is 2.34. The topological polar surface area (TPSA) is 91.3 Å². The third-order valence-corrected chi connectivity index (χ3v) is 3.26. The summed E-state index contributed by atoms with van der Waals surface area (Å²) in [5, 5.41) is 11.0. The molecule has 1 aromatic heterocycles. The summed E-state index contributed by atoms with van der Waals surface area (Å²) in [6.07, 6.45) is 1.38. The first-order valence-electron chi connectivity index (χ1n) is 5.91. The van der Waals surface area contributed by atoms with Gasteiger partial charge >= 0.3 is 5.69 Å². The van der Waals surface area contributed by atoms with E-state index in [4.69, 9.17) is 10.5 Å². The van der Waals surface area contributed by atoms with Crippen molar-refractivity contribution in [1.29, 1.82) is 0 Å². The zero-order valence-electron chi connectivity index (χ0n) is 10.9. The molecule has 1 unspecified atom stereocenters. The van der Waals surface area contributed by atoms with Crippen molar-refractivity contribution in [2.24, 2.45) is 5.73 Å². The minimum Gasteiger partial charge on any atom is -0.448 e. The molecule has 0 aliphatic heterocycles. The number of halogens is 2. The number of rotatable bonds is 4. The van der Waals surface area contributed by atoms with E-state index in [0.29, 0.717) is 5.69 Å². The Morgan fingerprint density at radius 2 is 2.19 bits per heavy atom. The van der Waals surface area contributed by atoms with Gasteiger partial charge in [0.15, 0.2) is 0 Å². The fraction of sp³-hybridized carbons (Fsp3) is 0.154. The van der Waals surface area contributed by atoms with Crippen LogP contribution in [0.3, 0.4) is 0 Å². The van der Waals surface area contributed by atoms with E-state index in [1.807, 2.05) is 0 Å². The molecule has 0 fully saturated rings. The highest BCUT2D eigenvalue weighted by Crippen LogP contribution is 2.35. The number of aromatic nitrogens is 1. The summed E-state index contributed by atoms with van der Waals surface area (Å²) in [4.78, 5) is 14.4. The maximum absolute atomic E-state index is 13.5. The van der Waals surface area contributed by atoms with Crippen LogP contribution in [0.4, 0.5) is 10.1 Å². The van der Waals surface area contributed by atoms with Crippen molar-refractivity contribution in [1.82, 2.24) is 4.98 Å². The van der Waals surface area contributed by atoms with Crippen LogP contribution in [0.2, 0.25) is 0 Å². The Bertz CT molecular complexity index is 677. The molecule has 6 nitrogen and oxygen atoms in total. The molecule has 8 heteroatoms. The van der Waals surface area contributed by atoms with Crippen LogP contribution in [0.25, 0.3) is 0 Å². The van der Waals surface area contributed by atoms with E-state index in [2.05, 4.69) is 20.9 Å². The van der Waals surface area contributed by atoms with Crippen LogP contribution in [0, 0.1) is 15.9 Å². The standard InChI is InChI=1S/C13H11BrFN3O3/c1-7(16)11-3-2-8(6-17-11)21-13-5-10(15)9(14)4-12(13)18(19)20/h2-7H,16H2,1H3. The number of nitro benzene ring substituents is 1. The van der Waals surface area contributed by atoms with E-state index >= 15 is 0 Å². The first-order valence-corrected chi connectivity index (χ1v) is 6.70. The van der Waals surface area contributed by atoms with Crippen molar-refractivity contribution in [3.63, 3.8) is 0 Å². The van der Waals surface area contributed by atoms with Gasteiger partial charge in [-0.25, -0.2) is 4.39 Å². The monoisotopic (exact) mass is 355 g/mol. The molecule has 0 spiro atoms. The second kappa shape index (κ2) is 6.15. The minimum atomic E-state index is -0.657. The Kier molecular flexibility index (Phi) is 4.49. The Hall–Kier alpha value is -2.06. The molecule has 1 aromatic carbocycles. The minimum absolute atomic E-state index is 0.00743. The molecule has 0 radical (unpaired) electrons. The quantitative estimate of drug-likeness (QED) is 0.666. The van der Waals surface area contributed by atoms with Crippen LogP contribution >= 0.6 is 15.9 Å². The average Bonchev–Trinajstić information content (AvgIpc) is 2.43. The van der Waals surface area contributed by atoms with Gasteiger partial charge in [-0.1, -0.05) is 0 Å². The van der Waals surface area contributed by atoms with Crippen LogP contribution < -0.4 is 10.5 Å². The number of nitrogens with two attached hydrogens (primary N) is 1. The number of hydrogen-bond donors (Lipinski definition) is 1. The van der Waals surface area contributed by atoms with Gasteiger partial charge in [0.1, 0.15) is 11.6 Å². The Morgan fingerprint density at radius 3 is 2.71 bits per heavy atom. The second-order valence-corrected chi connectivity index (χ2v) is 5.15. The molecule has 110 valence electrons. The van der Waals surface area contributed by atoms with Gasteiger partial charge in [-0.3, -0.25) is 15.1 Å². The van der Waals surface area contributed by atoms with Crippen molar-refractivity contribution in [3.8, 4) is 11.5 Å². The number of ether oxygens (including phenoxy) is 1. The fourth-order valence-electron chi connectivity index (χ4n) is 1.59. The van der Waals surface area contributed by atoms with Crippen molar-refractivity contribution >= 4 is 21.6 Å². The van der Waals surface area contributed by atoms with Gasteiger partial charge in [0.2, 0.25) is 5.75 Å². The predicted octanol–water partition coefficient (Wildman–Crippen LogP) is 3.70. The third-order valence-electron chi connectivity index (χ3n) is 2.65. The average molecular weight is 356 g/mol. The smallest absolute Gasteiger partial charge is 0.312 e. The van der Waals surface area contributed by atoms with Crippen LogP contribution in [0.15, 0.2) is 34.9 Å². The molecule has 21 heavy (non-hydrogen) atoms. The van der Waals surface area contributed by atoms with Gasteiger partial charge in [-0.2, -0.15) is 0 Å². The van der Waals surface area contributed by atoms with Gasteiger partial charge in [-0.05, 0) is 35.0 Å². The van der Waals surface area contributed by atoms with Crippen molar-refractivity contribution in [2.45, 2.75) is 13.0 Å². The zero-order chi connectivity index (χ0) is 15.6. The van der Waals surface area contributed by atoms with E-state index in [1.54, 1.807) is 19.1 Å². The zero-order valence-corrected chi connectivity index (χ0v) is 12.5. The van der Waals surface area contributed by atoms with Gasteiger partial charge < -0.3 is 10.5 Å². The highest BCUT2D eigenvalue weighted by molar-refractivity contribution is 9.10. The van der Waals surface area contributed by atoms with E-state index in [9.17, 15) is 14.5 Å². The molecule has 0 saturated heterocycles. The summed E-state index contributed by atoms with van der Waals surface area (Å²) in [5.74, 6) is -0.601. The summed E-state index contributed by atoms with van der Waals surface area (Å²) >= 11 is 2.90. The lowest BCUT2D eigenvalue weighted by atomic mass is 10.2. The third kappa shape index (κ3) is 3.53. The van der Waals surface area contributed by atoms with Crippen molar-refractivity contribution in [2.75, 3.05) is 0 Å². The Labute approximate surface area is 128 Å². The summed E-state index contributed by atoms with van der Waals surface area (Å²) < 4.78 is 18.8. The molecular weight excluding hydrogens is 345 g/mol. The van der Waals surface area contributed by atoms with Gasteiger partial charge in [0, 0.05) is 18.2 Å². The molecule has 0 amide bonds. The molecule has 2 aromatic rings. The van der Waals surface area contributed by atoms with Crippen LogP contribution in [0.5, 0.6) is 11.5 Å². The summed E-state index contributed by atoms with van der Waals surface area (Å²) in [6.45, 7) is 1.78. The molecule has 1 atom stereocenters. The largest absolute Gasteiger partial charge is 0.448 e. The van der Waals surface area contributed by atoms with E-state index < -0.39 is 10.7 Å². The first kappa shape index (κ1) is 15.3. The summed E-state index contributed by atoms with van der Waals surface area (Å²) in [6, 6.07) is 4.96. The van der Waals surface area contributed by atoms with E-state index in [0.717, 1.165) is 12.1 Å². The molecule has 0 aliphatic rings. The van der Waals surface area contributed by atoms with E-state index in [-0.39, 0.29) is 27.7 Å². The molecule has 0 aliphatic carbocycles. The van der Waals surface area contributed by atoms with Crippen molar-refractivity contribution in [3.05, 3.63) is 56.6 Å². The normalized spacial score (nSPS) is 12.0.